The molecule has 4 rings (SSSR count). The highest BCUT2D eigenvalue weighted by Gasteiger charge is 2.20. The van der Waals surface area contributed by atoms with Crippen molar-refractivity contribution in [3.05, 3.63) is 92.5 Å². The molecule has 0 radical (unpaired) electrons. The summed E-state index contributed by atoms with van der Waals surface area (Å²) in [7, 11) is 2.84. The molecule has 0 saturated heterocycles. The van der Waals surface area contributed by atoms with Crippen LogP contribution in [0.15, 0.2) is 64.3 Å². The summed E-state index contributed by atoms with van der Waals surface area (Å²) in [4.78, 5) is 52.6. The van der Waals surface area contributed by atoms with Crippen LogP contribution in [0.3, 0.4) is 0 Å². The first kappa shape index (κ1) is 20.8. The second-order valence-corrected chi connectivity index (χ2v) is 6.95. The quantitative estimate of drug-likeness (QED) is 0.476. The summed E-state index contributed by atoms with van der Waals surface area (Å²) in [5.74, 6) is -1.57. The fourth-order valence-electron chi connectivity index (χ4n) is 3.37. The number of halogens is 1. The topological polar surface area (TPSA) is 115 Å². The third-order valence-electron chi connectivity index (χ3n) is 4.92. The molecule has 9 nitrogen and oxygen atoms in total. The number of aromatic nitrogens is 3. The van der Waals surface area contributed by atoms with Gasteiger partial charge in [0.1, 0.15) is 11.3 Å². The highest BCUT2D eigenvalue weighted by molar-refractivity contribution is 6.11. The summed E-state index contributed by atoms with van der Waals surface area (Å²) >= 11 is 0. The lowest BCUT2D eigenvalue weighted by atomic mass is 10.2. The van der Waals surface area contributed by atoms with E-state index in [0.29, 0.717) is 11.3 Å². The summed E-state index contributed by atoms with van der Waals surface area (Å²) in [5.41, 5.74) is -0.249. The molecule has 2 aromatic carbocycles. The van der Waals surface area contributed by atoms with E-state index in [1.165, 1.54) is 54.3 Å². The minimum atomic E-state index is -0.767. The Labute approximate surface area is 179 Å². The van der Waals surface area contributed by atoms with E-state index in [1.54, 1.807) is 7.05 Å². The van der Waals surface area contributed by atoms with Crippen molar-refractivity contribution in [3.63, 3.8) is 0 Å². The summed E-state index contributed by atoms with van der Waals surface area (Å²) < 4.78 is 20.2. The van der Waals surface area contributed by atoms with Crippen LogP contribution in [0.2, 0.25) is 0 Å². The Morgan fingerprint density at radius 3 is 2.31 bits per heavy atom. The lowest BCUT2D eigenvalue weighted by molar-refractivity contribution is 0.0600. The van der Waals surface area contributed by atoms with Crippen LogP contribution in [0.25, 0.3) is 16.7 Å². The molecular weight excluding hydrogens is 419 g/mol. The van der Waals surface area contributed by atoms with Gasteiger partial charge in [0.25, 0.3) is 11.5 Å². The number of carbonyl (C=O) groups excluding carboxylic acids is 2. The second kappa shape index (κ2) is 7.99. The molecular formula is C22H17FN4O5. The molecule has 32 heavy (non-hydrogen) atoms. The Morgan fingerprint density at radius 1 is 1.03 bits per heavy atom. The summed E-state index contributed by atoms with van der Waals surface area (Å²) in [6.45, 7) is 0. The van der Waals surface area contributed by atoms with E-state index in [0.717, 1.165) is 16.7 Å². The molecule has 4 aromatic rings. The molecule has 0 saturated carbocycles. The SMILES string of the molecule is COC(=O)c1ccc(NC(=O)c2cn(C)c3c(=O)n(-c4ccc(F)cc4)c(=O)[nH]c23)cc1. The van der Waals surface area contributed by atoms with Crippen LogP contribution in [0, 0.1) is 5.82 Å². The molecule has 2 heterocycles. The van der Waals surface area contributed by atoms with Gasteiger partial charge in [-0.3, -0.25) is 9.59 Å². The molecule has 162 valence electrons. The maximum absolute atomic E-state index is 13.2. The van der Waals surface area contributed by atoms with Crippen molar-refractivity contribution < 1.29 is 18.7 Å². The molecule has 0 aliphatic heterocycles. The largest absolute Gasteiger partial charge is 0.465 e. The lowest BCUT2D eigenvalue weighted by Crippen LogP contribution is -2.34. The maximum atomic E-state index is 13.2. The molecule has 0 fully saturated rings. The van der Waals surface area contributed by atoms with Gasteiger partial charge in [0, 0.05) is 18.9 Å². The standard InChI is InChI=1S/C22H17FN4O5/c1-26-11-16(19(28)24-14-7-3-12(4-8-14)21(30)32-2)17-18(26)20(29)27(22(31)25-17)15-9-5-13(23)6-10-15/h3-11H,1-2H3,(H,24,28)(H,25,31). The number of aryl methyl sites for hydroxylation is 1. The maximum Gasteiger partial charge on any atom is 0.337 e. The highest BCUT2D eigenvalue weighted by Crippen LogP contribution is 2.18. The average Bonchev–Trinajstić information content (AvgIpc) is 3.11. The summed E-state index contributed by atoms with van der Waals surface area (Å²) in [6, 6.07) is 10.9. The molecule has 1 amide bonds. The number of hydrogen-bond donors (Lipinski definition) is 2. The number of rotatable bonds is 4. The number of nitrogens with zero attached hydrogens (tertiary/aromatic N) is 2. The van der Waals surface area contributed by atoms with Gasteiger partial charge in [-0.15, -0.1) is 0 Å². The molecule has 2 N–H and O–H groups in total. The van der Waals surface area contributed by atoms with E-state index in [9.17, 15) is 23.6 Å². The summed E-state index contributed by atoms with van der Waals surface area (Å²) in [6.07, 6.45) is 1.43. The molecule has 0 aliphatic rings. The number of esters is 1. The Balaban J connectivity index is 1.73. The fraction of sp³-hybridized carbons (Fsp3) is 0.0909. The monoisotopic (exact) mass is 436 g/mol. The number of carbonyl (C=O) groups is 2. The molecule has 0 unspecified atom stereocenters. The zero-order valence-electron chi connectivity index (χ0n) is 17.0. The third kappa shape index (κ3) is 3.58. The fourth-order valence-corrected chi connectivity index (χ4v) is 3.37. The van der Waals surface area contributed by atoms with E-state index < -0.39 is 28.9 Å². The van der Waals surface area contributed by atoms with Crippen molar-refractivity contribution >= 4 is 28.6 Å². The Bertz CT molecular complexity index is 1460. The zero-order valence-corrected chi connectivity index (χ0v) is 17.0. The number of hydrogen-bond acceptors (Lipinski definition) is 5. The van der Waals surface area contributed by atoms with Gasteiger partial charge < -0.3 is 19.6 Å². The van der Waals surface area contributed by atoms with Gasteiger partial charge in [0.2, 0.25) is 0 Å². The first-order chi connectivity index (χ1) is 15.3. The van der Waals surface area contributed by atoms with Crippen molar-refractivity contribution in [2.24, 2.45) is 7.05 Å². The normalized spacial score (nSPS) is 10.8. The molecule has 2 aromatic heterocycles. The van der Waals surface area contributed by atoms with Crippen LogP contribution in [-0.2, 0) is 11.8 Å². The van der Waals surface area contributed by atoms with Crippen LogP contribution in [0.5, 0.6) is 0 Å². The number of anilines is 1. The van der Waals surface area contributed by atoms with Gasteiger partial charge in [-0.25, -0.2) is 18.5 Å². The van der Waals surface area contributed by atoms with E-state index in [2.05, 4.69) is 15.0 Å². The minimum absolute atomic E-state index is 0.0737. The smallest absolute Gasteiger partial charge is 0.337 e. The molecule has 0 aliphatic carbocycles. The number of methoxy groups -OCH3 is 1. The van der Waals surface area contributed by atoms with Gasteiger partial charge in [-0.2, -0.15) is 0 Å². The van der Waals surface area contributed by atoms with Crippen molar-refractivity contribution in [1.82, 2.24) is 14.1 Å². The molecule has 0 bridgehead atoms. The van der Waals surface area contributed by atoms with E-state index in [1.807, 2.05) is 0 Å². The Kier molecular flexibility index (Phi) is 5.19. The predicted octanol–water partition coefficient (Wildman–Crippen LogP) is 2.20. The number of H-pyrrole nitrogens is 1. The highest BCUT2D eigenvalue weighted by atomic mass is 19.1. The number of nitrogens with one attached hydrogen (secondary N) is 2. The summed E-state index contributed by atoms with van der Waals surface area (Å²) in [5, 5.41) is 2.66. The van der Waals surface area contributed by atoms with E-state index >= 15 is 0 Å². The zero-order chi connectivity index (χ0) is 23.0. The van der Waals surface area contributed by atoms with Crippen molar-refractivity contribution in [2.45, 2.75) is 0 Å². The number of amides is 1. The van der Waals surface area contributed by atoms with Crippen LogP contribution in [-0.4, -0.2) is 33.1 Å². The molecule has 0 spiro atoms. The van der Waals surface area contributed by atoms with Crippen molar-refractivity contribution in [1.29, 1.82) is 0 Å². The van der Waals surface area contributed by atoms with Gasteiger partial charge >= 0.3 is 11.7 Å². The van der Waals surface area contributed by atoms with Crippen LogP contribution in [0.4, 0.5) is 10.1 Å². The van der Waals surface area contributed by atoms with Gasteiger partial charge in [-0.05, 0) is 48.5 Å². The van der Waals surface area contributed by atoms with Gasteiger partial charge in [0.15, 0.2) is 0 Å². The Morgan fingerprint density at radius 2 is 1.69 bits per heavy atom. The number of fused-ring (bicyclic) bond motifs is 1. The first-order valence-corrected chi connectivity index (χ1v) is 9.40. The molecule has 0 atom stereocenters. The molecule has 10 heteroatoms. The van der Waals surface area contributed by atoms with Gasteiger partial charge in [-0.1, -0.05) is 0 Å². The number of ether oxygens (including phenoxy) is 1. The van der Waals surface area contributed by atoms with Crippen molar-refractivity contribution in [3.8, 4) is 5.69 Å². The average molecular weight is 436 g/mol. The number of aromatic amines is 1. The van der Waals surface area contributed by atoms with Crippen LogP contribution >= 0.6 is 0 Å². The van der Waals surface area contributed by atoms with E-state index in [-0.39, 0.29) is 22.3 Å². The lowest BCUT2D eigenvalue weighted by Gasteiger charge is -2.07. The predicted molar refractivity (Wildman–Crippen MR) is 115 cm³/mol. The van der Waals surface area contributed by atoms with Crippen LogP contribution < -0.4 is 16.6 Å². The second-order valence-electron chi connectivity index (χ2n) is 6.95. The number of benzene rings is 2. The third-order valence-corrected chi connectivity index (χ3v) is 4.92. The van der Waals surface area contributed by atoms with E-state index in [4.69, 9.17) is 0 Å². The van der Waals surface area contributed by atoms with Gasteiger partial charge in [0.05, 0.1) is 29.4 Å². The first-order valence-electron chi connectivity index (χ1n) is 9.40. The van der Waals surface area contributed by atoms with Crippen molar-refractivity contribution in [2.75, 3.05) is 12.4 Å². The Hall–Kier alpha value is -4.47. The minimum Gasteiger partial charge on any atom is -0.465 e. The van der Waals surface area contributed by atoms with Crippen LogP contribution in [0.1, 0.15) is 20.7 Å².